The Hall–Kier alpha value is -0.380. The second-order valence-corrected chi connectivity index (χ2v) is 6.43. The highest BCUT2D eigenvalue weighted by atomic mass is 32.1. The summed E-state index contributed by atoms with van der Waals surface area (Å²) < 4.78 is 0. The first-order valence-corrected chi connectivity index (χ1v) is 6.20. The Morgan fingerprint density at radius 1 is 1.33 bits per heavy atom. The number of aryl methyl sites for hydroxylation is 1. The van der Waals surface area contributed by atoms with E-state index in [0.717, 1.165) is 12.0 Å². The zero-order valence-electron chi connectivity index (χ0n) is 9.45. The first-order valence-electron chi connectivity index (χ1n) is 5.39. The predicted molar refractivity (Wildman–Crippen MR) is 62.3 cm³/mol. The van der Waals surface area contributed by atoms with E-state index in [0.29, 0.717) is 6.42 Å². The lowest BCUT2D eigenvalue weighted by Gasteiger charge is -2.23. The highest BCUT2D eigenvalue weighted by Crippen LogP contribution is 2.39. The zero-order chi connectivity index (χ0) is 11.2. The molecule has 0 fully saturated rings. The molecule has 1 aliphatic carbocycles. The van der Waals surface area contributed by atoms with Crippen LogP contribution in [0.3, 0.4) is 0 Å². The molecule has 15 heavy (non-hydrogen) atoms. The van der Waals surface area contributed by atoms with E-state index in [4.69, 9.17) is 0 Å². The lowest BCUT2D eigenvalue weighted by molar-refractivity contribution is 0.00722. The van der Waals surface area contributed by atoms with Gasteiger partial charge in [0.15, 0.2) is 0 Å². The van der Waals surface area contributed by atoms with Gasteiger partial charge in [-0.2, -0.15) is 0 Å². The minimum atomic E-state index is -0.680. The Morgan fingerprint density at radius 2 is 2.00 bits per heavy atom. The van der Waals surface area contributed by atoms with E-state index in [9.17, 15) is 10.2 Å². The highest BCUT2D eigenvalue weighted by molar-refractivity contribution is 7.12. The van der Waals surface area contributed by atoms with Crippen molar-refractivity contribution in [2.24, 2.45) is 0 Å². The van der Waals surface area contributed by atoms with Gasteiger partial charge < -0.3 is 10.2 Å². The zero-order valence-corrected chi connectivity index (χ0v) is 10.3. The van der Waals surface area contributed by atoms with Crippen LogP contribution < -0.4 is 0 Å². The van der Waals surface area contributed by atoms with Crippen LogP contribution in [-0.4, -0.2) is 16.3 Å². The van der Waals surface area contributed by atoms with Gasteiger partial charge in [0.05, 0.1) is 6.10 Å². The van der Waals surface area contributed by atoms with Crippen molar-refractivity contribution in [1.82, 2.24) is 0 Å². The molecule has 1 aliphatic rings. The van der Waals surface area contributed by atoms with Crippen LogP contribution in [0.5, 0.6) is 0 Å². The summed E-state index contributed by atoms with van der Waals surface area (Å²) in [6.45, 7) is 6.52. The normalized spacial score (nSPS) is 26.5. The number of aliphatic hydroxyl groups excluding tert-OH is 2. The molecule has 0 amide bonds. The van der Waals surface area contributed by atoms with Crippen molar-refractivity contribution in [3.63, 3.8) is 0 Å². The van der Waals surface area contributed by atoms with E-state index in [1.54, 1.807) is 11.3 Å². The van der Waals surface area contributed by atoms with Crippen molar-refractivity contribution < 1.29 is 10.2 Å². The monoisotopic (exact) mass is 226 g/mol. The summed E-state index contributed by atoms with van der Waals surface area (Å²) in [6, 6.07) is 2.06. The molecular weight excluding hydrogens is 208 g/mol. The van der Waals surface area contributed by atoms with E-state index < -0.39 is 12.2 Å². The van der Waals surface area contributed by atoms with Crippen molar-refractivity contribution in [3.05, 3.63) is 21.4 Å². The van der Waals surface area contributed by atoms with E-state index in [-0.39, 0.29) is 5.41 Å². The van der Waals surface area contributed by atoms with Gasteiger partial charge in [0, 0.05) is 9.75 Å². The van der Waals surface area contributed by atoms with Crippen molar-refractivity contribution in [2.75, 3.05) is 0 Å². The van der Waals surface area contributed by atoms with Crippen LogP contribution in [-0.2, 0) is 11.8 Å². The highest BCUT2D eigenvalue weighted by Gasteiger charge is 2.30. The number of aliphatic hydroxyl groups is 2. The molecule has 2 unspecified atom stereocenters. The third kappa shape index (κ3) is 1.96. The van der Waals surface area contributed by atoms with E-state index in [1.807, 2.05) is 0 Å². The number of rotatable bonds is 0. The molecule has 1 aromatic heterocycles. The molecule has 0 bridgehead atoms. The first kappa shape index (κ1) is 11.1. The molecule has 0 aromatic carbocycles. The number of hydrogen-bond acceptors (Lipinski definition) is 3. The first-order chi connectivity index (χ1) is 6.89. The lowest BCUT2D eigenvalue weighted by atomic mass is 9.90. The molecule has 2 atom stereocenters. The third-order valence-corrected chi connectivity index (χ3v) is 4.57. The summed E-state index contributed by atoms with van der Waals surface area (Å²) >= 11 is 1.78. The minimum Gasteiger partial charge on any atom is -0.390 e. The quantitative estimate of drug-likeness (QED) is 0.713. The topological polar surface area (TPSA) is 40.5 Å². The number of fused-ring (bicyclic) bond motifs is 1. The predicted octanol–water partition coefficient (Wildman–Crippen LogP) is 2.39. The van der Waals surface area contributed by atoms with Gasteiger partial charge in [-0.1, -0.05) is 20.8 Å². The average molecular weight is 226 g/mol. The SMILES string of the molecule is CC(C)(C)c1cc2c(s1)CCC(O)C2O. The largest absolute Gasteiger partial charge is 0.390 e. The van der Waals surface area contributed by atoms with E-state index in [1.165, 1.54) is 9.75 Å². The van der Waals surface area contributed by atoms with Crippen LogP contribution in [0.2, 0.25) is 0 Å². The van der Waals surface area contributed by atoms with Gasteiger partial charge in [0.2, 0.25) is 0 Å². The van der Waals surface area contributed by atoms with Crippen LogP contribution in [0.15, 0.2) is 6.07 Å². The van der Waals surface area contributed by atoms with Crippen LogP contribution in [0.1, 0.15) is 48.6 Å². The Labute approximate surface area is 94.6 Å². The summed E-state index contributed by atoms with van der Waals surface area (Å²) in [4.78, 5) is 2.54. The van der Waals surface area contributed by atoms with Crippen molar-refractivity contribution in [3.8, 4) is 0 Å². The van der Waals surface area contributed by atoms with Crippen LogP contribution in [0.4, 0.5) is 0 Å². The summed E-state index contributed by atoms with van der Waals surface area (Å²) in [7, 11) is 0. The van der Waals surface area contributed by atoms with E-state index >= 15 is 0 Å². The van der Waals surface area contributed by atoms with Gasteiger partial charge in [0.25, 0.3) is 0 Å². The summed E-state index contributed by atoms with van der Waals surface area (Å²) in [5, 5.41) is 19.5. The van der Waals surface area contributed by atoms with Gasteiger partial charge in [-0.15, -0.1) is 11.3 Å². The van der Waals surface area contributed by atoms with E-state index in [2.05, 4.69) is 26.8 Å². The Balaban J connectivity index is 2.40. The second kappa shape index (κ2) is 3.58. The molecule has 1 aromatic rings. The molecule has 1 heterocycles. The van der Waals surface area contributed by atoms with Crippen LogP contribution in [0, 0.1) is 0 Å². The third-order valence-electron chi connectivity index (χ3n) is 2.93. The van der Waals surface area contributed by atoms with Crippen LogP contribution in [0.25, 0.3) is 0 Å². The maximum absolute atomic E-state index is 9.87. The molecule has 0 spiro atoms. The fourth-order valence-corrected chi connectivity index (χ4v) is 3.18. The Bertz CT molecular complexity index is 362. The molecule has 84 valence electrons. The summed E-state index contributed by atoms with van der Waals surface area (Å²) in [5.41, 5.74) is 1.08. The second-order valence-electron chi connectivity index (χ2n) is 5.29. The molecule has 0 radical (unpaired) electrons. The van der Waals surface area contributed by atoms with Gasteiger partial charge in [0.1, 0.15) is 6.10 Å². The maximum atomic E-state index is 9.87. The average Bonchev–Trinajstić information content (AvgIpc) is 2.55. The minimum absolute atomic E-state index is 0.132. The standard InChI is InChI=1S/C12H18O2S/c1-12(2,3)10-6-7-9(15-10)5-4-8(13)11(7)14/h6,8,11,13-14H,4-5H2,1-3H3. The fourth-order valence-electron chi connectivity index (χ4n) is 1.90. The molecule has 2 nitrogen and oxygen atoms in total. The number of thiophene rings is 1. The lowest BCUT2D eigenvalue weighted by Crippen LogP contribution is -2.23. The molecule has 0 saturated heterocycles. The molecule has 2 rings (SSSR count). The van der Waals surface area contributed by atoms with Gasteiger partial charge in [-0.25, -0.2) is 0 Å². The summed E-state index contributed by atoms with van der Waals surface area (Å²) in [6.07, 6.45) is 0.313. The Kier molecular flexibility index (Phi) is 2.65. The van der Waals surface area contributed by atoms with Gasteiger partial charge in [-0.05, 0) is 29.9 Å². The van der Waals surface area contributed by atoms with Crippen molar-refractivity contribution in [2.45, 2.75) is 51.2 Å². The maximum Gasteiger partial charge on any atom is 0.106 e. The molecule has 3 heteroatoms. The fraction of sp³-hybridized carbons (Fsp3) is 0.667. The van der Waals surface area contributed by atoms with Crippen molar-refractivity contribution in [1.29, 1.82) is 0 Å². The van der Waals surface area contributed by atoms with Gasteiger partial charge >= 0.3 is 0 Å². The molecule has 0 saturated carbocycles. The molecular formula is C12H18O2S. The molecule has 2 N–H and O–H groups in total. The number of hydrogen-bond donors (Lipinski definition) is 2. The van der Waals surface area contributed by atoms with Crippen LogP contribution >= 0.6 is 11.3 Å². The van der Waals surface area contributed by atoms with Gasteiger partial charge in [-0.3, -0.25) is 0 Å². The molecule has 0 aliphatic heterocycles. The summed E-state index contributed by atoms with van der Waals surface area (Å²) in [5.74, 6) is 0. The Morgan fingerprint density at radius 3 is 2.60 bits per heavy atom. The van der Waals surface area contributed by atoms with Crippen molar-refractivity contribution >= 4 is 11.3 Å². The smallest absolute Gasteiger partial charge is 0.106 e.